The van der Waals surface area contributed by atoms with E-state index in [-0.39, 0.29) is 16.2 Å². The molecule has 1 aliphatic heterocycles. The van der Waals surface area contributed by atoms with Crippen molar-refractivity contribution in [3.63, 3.8) is 0 Å². The Morgan fingerprint density at radius 1 is 0.406 bits per heavy atom. The van der Waals surface area contributed by atoms with E-state index >= 15 is 0 Å². The first-order chi connectivity index (χ1) is 33.3. The normalized spacial score (nSPS) is 13.0. The molecular weight excluding hydrogens is 841 g/mol. The molecule has 3 heterocycles. The van der Waals surface area contributed by atoms with Gasteiger partial charge in [-0.2, -0.15) is 0 Å². The molecule has 0 N–H and O–H groups in total. The predicted molar refractivity (Wildman–Crippen MR) is 288 cm³/mol. The fourth-order valence-electron chi connectivity index (χ4n) is 10.2. The Morgan fingerprint density at radius 2 is 1.04 bits per heavy atom. The lowest BCUT2D eigenvalue weighted by Crippen LogP contribution is -2.25. The largest absolute Gasteiger partial charge is 0.457 e. The Balaban J connectivity index is 1.01. The van der Waals surface area contributed by atoms with Crippen molar-refractivity contribution < 1.29 is 4.74 Å². The molecule has 0 amide bonds. The molecule has 10 aromatic rings. The van der Waals surface area contributed by atoms with Crippen LogP contribution in [0.3, 0.4) is 0 Å². The first-order valence-electron chi connectivity index (χ1n) is 24.1. The molecule has 340 valence electrons. The van der Waals surface area contributed by atoms with E-state index in [4.69, 9.17) is 9.72 Å². The molecule has 11 rings (SSSR count). The third kappa shape index (κ3) is 8.02. The van der Waals surface area contributed by atoms with Gasteiger partial charge < -0.3 is 14.5 Å². The second-order valence-corrected chi connectivity index (χ2v) is 20.6. The van der Waals surface area contributed by atoms with Crippen LogP contribution in [0.1, 0.15) is 76.3 Å². The zero-order valence-electron chi connectivity index (χ0n) is 40.6. The van der Waals surface area contributed by atoms with Crippen molar-refractivity contribution in [2.75, 3.05) is 16.5 Å². The van der Waals surface area contributed by atoms with Crippen LogP contribution in [0.5, 0.6) is 11.5 Å². The zero-order chi connectivity index (χ0) is 47.5. The molecule has 0 saturated heterocycles. The number of fused-ring (bicyclic) bond motifs is 4. The molecule has 0 aliphatic carbocycles. The first-order valence-corrected chi connectivity index (χ1v) is 24.1. The third-order valence-electron chi connectivity index (χ3n) is 14.5. The number of ether oxygens (including phenoxy) is 1. The zero-order valence-corrected chi connectivity index (χ0v) is 40.6. The van der Waals surface area contributed by atoms with E-state index in [1.807, 2.05) is 6.20 Å². The van der Waals surface area contributed by atoms with Gasteiger partial charge in [-0.3, -0.25) is 4.57 Å². The average Bonchev–Trinajstić information content (AvgIpc) is 3.93. The number of nitrogens with zero attached hydrogens (tertiary/aromatic N) is 4. The molecule has 0 radical (unpaired) electrons. The molecule has 0 unspecified atom stereocenters. The number of benzene rings is 8. The van der Waals surface area contributed by atoms with Crippen LogP contribution in [0, 0.1) is 0 Å². The van der Waals surface area contributed by atoms with Gasteiger partial charge >= 0.3 is 0 Å². The molecule has 5 nitrogen and oxygen atoms in total. The van der Waals surface area contributed by atoms with Gasteiger partial charge in [0.1, 0.15) is 24.0 Å². The standard InChI is InChI=1S/C64H58N4O/c1-62(2,3)48-34-35-65-61(40-48)68-57-29-18-17-28-55(57)56-32-31-54(42-59(56)68)69-53-27-19-26-51(41-53)66-43-67(58-33-30-49(39-60(58)66)63(4,5)46-22-13-9-14-23-46)52-37-45(44-20-11-8-12-21-44)36-50(38-52)64(6,7)47-24-15-10-16-25-47/h8-42H,43H2,1-7H3. The van der Waals surface area contributed by atoms with Crippen LogP contribution in [0.25, 0.3) is 38.8 Å². The Kier molecular flexibility index (Phi) is 10.8. The lowest BCUT2D eigenvalue weighted by atomic mass is 9.77. The summed E-state index contributed by atoms with van der Waals surface area (Å²) in [6.07, 6.45) is 1.93. The lowest BCUT2D eigenvalue weighted by Gasteiger charge is -2.29. The van der Waals surface area contributed by atoms with Crippen LogP contribution < -0.4 is 14.5 Å². The molecule has 0 spiro atoms. The Labute approximate surface area is 406 Å². The van der Waals surface area contributed by atoms with E-state index in [0.29, 0.717) is 6.67 Å². The summed E-state index contributed by atoms with van der Waals surface area (Å²) in [5.41, 5.74) is 14.9. The lowest BCUT2D eigenvalue weighted by molar-refractivity contribution is 0.483. The second-order valence-electron chi connectivity index (χ2n) is 20.6. The Morgan fingerprint density at radius 3 is 1.77 bits per heavy atom. The summed E-state index contributed by atoms with van der Waals surface area (Å²) in [5.74, 6) is 2.42. The Bertz CT molecular complexity index is 3490. The fourth-order valence-corrected chi connectivity index (χ4v) is 10.2. The van der Waals surface area contributed by atoms with Gasteiger partial charge in [-0.1, -0.05) is 176 Å². The maximum absolute atomic E-state index is 6.87. The summed E-state index contributed by atoms with van der Waals surface area (Å²) in [5, 5.41) is 2.34. The van der Waals surface area contributed by atoms with Gasteiger partial charge in [-0.15, -0.1) is 0 Å². The van der Waals surface area contributed by atoms with Crippen LogP contribution in [-0.4, -0.2) is 16.2 Å². The second kappa shape index (κ2) is 17.0. The van der Waals surface area contributed by atoms with Crippen LogP contribution in [0.4, 0.5) is 22.7 Å². The summed E-state index contributed by atoms with van der Waals surface area (Å²) in [6.45, 7) is 16.7. The highest BCUT2D eigenvalue weighted by atomic mass is 16.5. The van der Waals surface area contributed by atoms with Crippen molar-refractivity contribution in [2.24, 2.45) is 0 Å². The first kappa shape index (κ1) is 43.7. The van der Waals surface area contributed by atoms with E-state index in [1.165, 1.54) is 44.3 Å². The van der Waals surface area contributed by atoms with Gasteiger partial charge in [0.2, 0.25) is 0 Å². The molecule has 8 aromatic carbocycles. The van der Waals surface area contributed by atoms with E-state index in [2.05, 4.69) is 269 Å². The van der Waals surface area contributed by atoms with Gasteiger partial charge in [-0.05, 0) is 111 Å². The SMILES string of the molecule is CC(C)(C)c1ccnc(-n2c3ccccc3c3ccc(Oc4cccc(N5CN(c6cc(-c7ccccc7)cc(C(C)(C)c7ccccc7)c6)c6ccc(C(C)(C)c7ccccc7)cc65)c4)cc32)c1. The third-order valence-corrected chi connectivity index (χ3v) is 14.5. The van der Waals surface area contributed by atoms with Crippen LogP contribution in [0.15, 0.2) is 212 Å². The minimum Gasteiger partial charge on any atom is -0.457 e. The maximum Gasteiger partial charge on any atom is 0.137 e. The number of hydrogen-bond donors (Lipinski definition) is 0. The smallest absolute Gasteiger partial charge is 0.137 e. The van der Waals surface area contributed by atoms with E-state index in [0.717, 1.165) is 56.5 Å². The van der Waals surface area contributed by atoms with E-state index in [1.54, 1.807) is 0 Å². The Hall–Kier alpha value is -7.89. The molecule has 69 heavy (non-hydrogen) atoms. The van der Waals surface area contributed by atoms with Crippen LogP contribution in [0.2, 0.25) is 0 Å². The van der Waals surface area contributed by atoms with Gasteiger partial charge in [0.05, 0.1) is 22.4 Å². The average molecular weight is 899 g/mol. The van der Waals surface area contributed by atoms with Crippen molar-refractivity contribution in [1.29, 1.82) is 0 Å². The van der Waals surface area contributed by atoms with Gasteiger partial charge in [0, 0.05) is 51.3 Å². The predicted octanol–water partition coefficient (Wildman–Crippen LogP) is 16.8. The van der Waals surface area contributed by atoms with Crippen molar-refractivity contribution in [2.45, 2.75) is 64.7 Å². The van der Waals surface area contributed by atoms with Crippen molar-refractivity contribution in [3.05, 3.63) is 240 Å². The summed E-state index contributed by atoms with van der Waals surface area (Å²) in [4.78, 5) is 9.84. The van der Waals surface area contributed by atoms with E-state index in [9.17, 15) is 0 Å². The summed E-state index contributed by atoms with van der Waals surface area (Å²) >= 11 is 0. The molecule has 0 saturated carbocycles. The molecule has 5 heteroatoms. The van der Waals surface area contributed by atoms with Crippen LogP contribution in [-0.2, 0) is 16.2 Å². The maximum atomic E-state index is 6.87. The van der Waals surface area contributed by atoms with Crippen molar-refractivity contribution >= 4 is 44.6 Å². The van der Waals surface area contributed by atoms with Crippen LogP contribution >= 0.6 is 0 Å². The minimum absolute atomic E-state index is 0.0171. The number of para-hydroxylation sites is 1. The number of aromatic nitrogens is 2. The number of rotatable bonds is 10. The summed E-state index contributed by atoms with van der Waals surface area (Å²) < 4.78 is 9.14. The number of anilines is 4. The molecular formula is C64H58N4O. The fraction of sp³-hybridized carbons (Fsp3) is 0.172. The van der Waals surface area contributed by atoms with Gasteiger partial charge in [0.25, 0.3) is 0 Å². The van der Waals surface area contributed by atoms with E-state index < -0.39 is 0 Å². The van der Waals surface area contributed by atoms with Crippen molar-refractivity contribution in [1.82, 2.24) is 9.55 Å². The number of pyridine rings is 1. The highest BCUT2D eigenvalue weighted by molar-refractivity contribution is 6.09. The summed E-state index contributed by atoms with van der Waals surface area (Å²) in [7, 11) is 0. The summed E-state index contributed by atoms with van der Waals surface area (Å²) in [6, 6.07) is 74.6. The highest BCUT2D eigenvalue weighted by Crippen LogP contribution is 2.49. The van der Waals surface area contributed by atoms with Gasteiger partial charge in [-0.25, -0.2) is 4.98 Å². The van der Waals surface area contributed by atoms with Gasteiger partial charge in [0.15, 0.2) is 0 Å². The highest BCUT2D eigenvalue weighted by Gasteiger charge is 2.33. The minimum atomic E-state index is -0.247. The molecule has 0 fully saturated rings. The molecule has 0 bridgehead atoms. The molecule has 2 aromatic heterocycles. The number of hydrogen-bond acceptors (Lipinski definition) is 4. The monoisotopic (exact) mass is 898 g/mol. The molecule has 1 aliphatic rings. The topological polar surface area (TPSA) is 33.5 Å². The van der Waals surface area contributed by atoms with Crippen molar-refractivity contribution in [3.8, 4) is 28.4 Å². The quantitative estimate of drug-likeness (QED) is 0.137. The molecule has 0 atom stereocenters.